The number of rotatable bonds is 8. The van der Waals surface area contributed by atoms with Crippen molar-refractivity contribution in [2.24, 2.45) is 0 Å². The van der Waals surface area contributed by atoms with Crippen LogP contribution in [0.5, 0.6) is 0 Å². The van der Waals surface area contributed by atoms with Gasteiger partial charge in [0, 0.05) is 31.1 Å². The summed E-state index contributed by atoms with van der Waals surface area (Å²) in [6.45, 7) is 6.71. The molecular weight excluding hydrogens is 267 g/mol. The standard InChI is InChI=1S/C14H24F3N3/c1-4-11(3)20-9-7-13(19-20)10-12(18-5-2)6-8-14(15,16)17/h7,9,11-12,18H,4-6,8,10H2,1-3H3. The zero-order valence-corrected chi connectivity index (χ0v) is 12.4. The molecule has 0 aliphatic heterocycles. The average Bonchev–Trinajstić information content (AvgIpc) is 2.83. The lowest BCUT2D eigenvalue weighted by Gasteiger charge is -2.17. The van der Waals surface area contributed by atoms with Gasteiger partial charge in [0.1, 0.15) is 0 Å². The van der Waals surface area contributed by atoms with Crippen molar-refractivity contribution in [1.82, 2.24) is 15.1 Å². The summed E-state index contributed by atoms with van der Waals surface area (Å²) < 4.78 is 38.8. The first-order chi connectivity index (χ1) is 9.35. The number of nitrogens with zero attached hydrogens (tertiary/aromatic N) is 2. The fourth-order valence-electron chi connectivity index (χ4n) is 2.07. The number of aromatic nitrogens is 2. The predicted molar refractivity (Wildman–Crippen MR) is 73.7 cm³/mol. The van der Waals surface area contributed by atoms with E-state index in [1.807, 2.05) is 23.9 Å². The second kappa shape index (κ2) is 7.67. The molecule has 0 spiro atoms. The van der Waals surface area contributed by atoms with Crippen molar-refractivity contribution in [1.29, 1.82) is 0 Å². The van der Waals surface area contributed by atoms with Crippen LogP contribution in [0, 0.1) is 0 Å². The number of likely N-dealkylation sites (N-methyl/N-ethyl adjacent to an activating group) is 1. The molecule has 0 aliphatic carbocycles. The molecule has 2 unspecified atom stereocenters. The van der Waals surface area contributed by atoms with Gasteiger partial charge in [0.2, 0.25) is 0 Å². The fourth-order valence-corrected chi connectivity index (χ4v) is 2.07. The van der Waals surface area contributed by atoms with Crippen LogP contribution in [0.4, 0.5) is 13.2 Å². The molecule has 0 fully saturated rings. The van der Waals surface area contributed by atoms with E-state index in [0.717, 1.165) is 12.1 Å². The van der Waals surface area contributed by atoms with Gasteiger partial charge in [-0.25, -0.2) is 0 Å². The first-order valence-electron chi connectivity index (χ1n) is 7.19. The number of hydrogen-bond donors (Lipinski definition) is 1. The molecule has 1 aromatic rings. The first kappa shape index (κ1) is 17.0. The molecular formula is C14H24F3N3. The minimum Gasteiger partial charge on any atom is -0.314 e. The summed E-state index contributed by atoms with van der Waals surface area (Å²) >= 11 is 0. The first-order valence-corrected chi connectivity index (χ1v) is 7.19. The Labute approximate surface area is 118 Å². The third kappa shape index (κ3) is 5.94. The molecule has 116 valence electrons. The Hall–Kier alpha value is -1.04. The maximum atomic E-state index is 12.3. The van der Waals surface area contributed by atoms with Crippen molar-refractivity contribution in [2.75, 3.05) is 6.54 Å². The minimum absolute atomic E-state index is 0.0908. The van der Waals surface area contributed by atoms with Crippen LogP contribution in [0.15, 0.2) is 12.3 Å². The molecule has 20 heavy (non-hydrogen) atoms. The van der Waals surface area contributed by atoms with Crippen molar-refractivity contribution in [3.05, 3.63) is 18.0 Å². The van der Waals surface area contributed by atoms with Crippen LogP contribution >= 0.6 is 0 Å². The van der Waals surface area contributed by atoms with Gasteiger partial charge in [-0.15, -0.1) is 0 Å². The maximum Gasteiger partial charge on any atom is 0.389 e. The van der Waals surface area contributed by atoms with E-state index in [1.165, 1.54) is 0 Å². The molecule has 1 rings (SSSR count). The average molecular weight is 291 g/mol. The van der Waals surface area contributed by atoms with Crippen LogP contribution in [-0.2, 0) is 6.42 Å². The number of hydrogen-bond acceptors (Lipinski definition) is 2. The summed E-state index contributed by atoms with van der Waals surface area (Å²) in [5, 5.41) is 7.55. The molecule has 0 amide bonds. The van der Waals surface area contributed by atoms with Crippen LogP contribution in [0.25, 0.3) is 0 Å². The highest BCUT2D eigenvalue weighted by molar-refractivity contribution is 5.02. The lowest BCUT2D eigenvalue weighted by atomic mass is 10.1. The van der Waals surface area contributed by atoms with E-state index in [0.29, 0.717) is 19.0 Å². The van der Waals surface area contributed by atoms with Crippen LogP contribution in [-0.4, -0.2) is 28.5 Å². The van der Waals surface area contributed by atoms with Gasteiger partial charge in [-0.2, -0.15) is 18.3 Å². The van der Waals surface area contributed by atoms with Gasteiger partial charge in [-0.1, -0.05) is 13.8 Å². The normalized spacial score (nSPS) is 15.3. The SMILES string of the molecule is CCNC(CCC(F)(F)F)Cc1ccn(C(C)CC)n1. The maximum absolute atomic E-state index is 12.3. The van der Waals surface area contributed by atoms with Gasteiger partial charge in [0.15, 0.2) is 0 Å². The quantitative estimate of drug-likeness (QED) is 0.791. The molecule has 0 saturated heterocycles. The Morgan fingerprint density at radius 3 is 2.60 bits per heavy atom. The monoisotopic (exact) mass is 291 g/mol. The summed E-state index contributed by atoms with van der Waals surface area (Å²) in [5.41, 5.74) is 0.846. The van der Waals surface area contributed by atoms with Crippen LogP contribution < -0.4 is 5.32 Å². The Morgan fingerprint density at radius 2 is 2.05 bits per heavy atom. The van der Waals surface area contributed by atoms with Crippen molar-refractivity contribution in [2.45, 2.75) is 64.7 Å². The second-order valence-electron chi connectivity index (χ2n) is 5.16. The number of alkyl halides is 3. The van der Waals surface area contributed by atoms with Crippen LogP contribution in [0.2, 0.25) is 0 Å². The lowest BCUT2D eigenvalue weighted by molar-refractivity contribution is -0.136. The highest BCUT2D eigenvalue weighted by Crippen LogP contribution is 2.23. The summed E-state index contributed by atoms with van der Waals surface area (Å²) in [6, 6.07) is 2.03. The molecule has 1 N–H and O–H groups in total. The van der Waals surface area contributed by atoms with Crippen molar-refractivity contribution in [3.8, 4) is 0 Å². The van der Waals surface area contributed by atoms with E-state index in [1.54, 1.807) is 0 Å². The Kier molecular flexibility index (Phi) is 6.52. The number of nitrogens with one attached hydrogen (secondary N) is 1. The highest BCUT2D eigenvalue weighted by atomic mass is 19.4. The molecule has 0 radical (unpaired) electrons. The lowest BCUT2D eigenvalue weighted by Crippen LogP contribution is -2.32. The van der Waals surface area contributed by atoms with Crippen LogP contribution in [0.1, 0.15) is 51.8 Å². The van der Waals surface area contributed by atoms with Gasteiger partial charge < -0.3 is 5.32 Å². The van der Waals surface area contributed by atoms with Crippen molar-refractivity contribution >= 4 is 0 Å². The Morgan fingerprint density at radius 1 is 1.35 bits per heavy atom. The van der Waals surface area contributed by atoms with E-state index in [2.05, 4.69) is 24.3 Å². The van der Waals surface area contributed by atoms with Gasteiger partial charge >= 0.3 is 6.18 Å². The Balaban J connectivity index is 2.58. The zero-order chi connectivity index (χ0) is 15.2. The molecule has 0 saturated carbocycles. The van der Waals surface area contributed by atoms with Crippen molar-refractivity contribution < 1.29 is 13.2 Å². The summed E-state index contributed by atoms with van der Waals surface area (Å²) in [4.78, 5) is 0. The molecule has 3 nitrogen and oxygen atoms in total. The smallest absolute Gasteiger partial charge is 0.314 e. The van der Waals surface area contributed by atoms with E-state index in [4.69, 9.17) is 0 Å². The molecule has 0 aliphatic rings. The summed E-state index contributed by atoms with van der Waals surface area (Å²) in [7, 11) is 0. The molecule has 6 heteroatoms. The van der Waals surface area contributed by atoms with Gasteiger partial charge in [-0.05, 0) is 32.4 Å². The zero-order valence-electron chi connectivity index (χ0n) is 12.4. The van der Waals surface area contributed by atoms with E-state index >= 15 is 0 Å². The molecule has 2 atom stereocenters. The predicted octanol–water partition coefficient (Wildman–Crippen LogP) is 3.72. The highest BCUT2D eigenvalue weighted by Gasteiger charge is 2.28. The minimum atomic E-state index is -4.09. The van der Waals surface area contributed by atoms with Gasteiger partial charge in [-0.3, -0.25) is 4.68 Å². The number of halogens is 3. The summed E-state index contributed by atoms with van der Waals surface area (Å²) in [5.74, 6) is 0. The third-order valence-electron chi connectivity index (χ3n) is 3.43. The van der Waals surface area contributed by atoms with E-state index < -0.39 is 12.6 Å². The van der Waals surface area contributed by atoms with Gasteiger partial charge in [0.05, 0.1) is 5.69 Å². The second-order valence-corrected chi connectivity index (χ2v) is 5.16. The fraction of sp³-hybridized carbons (Fsp3) is 0.786. The Bertz CT molecular complexity index is 387. The van der Waals surface area contributed by atoms with Gasteiger partial charge in [0.25, 0.3) is 0 Å². The largest absolute Gasteiger partial charge is 0.389 e. The molecule has 1 aromatic heterocycles. The molecule has 0 bridgehead atoms. The molecule has 1 heterocycles. The van der Waals surface area contributed by atoms with Crippen molar-refractivity contribution in [3.63, 3.8) is 0 Å². The summed E-state index contributed by atoms with van der Waals surface area (Å²) in [6.07, 6.45) is -1.34. The third-order valence-corrected chi connectivity index (χ3v) is 3.43. The van der Waals surface area contributed by atoms with E-state index in [-0.39, 0.29) is 12.5 Å². The van der Waals surface area contributed by atoms with Crippen LogP contribution in [0.3, 0.4) is 0 Å². The molecule has 0 aromatic carbocycles. The topological polar surface area (TPSA) is 29.9 Å². The van der Waals surface area contributed by atoms with E-state index in [9.17, 15) is 13.2 Å².